The highest BCUT2D eigenvalue weighted by Crippen LogP contribution is 2.36. The number of nitrogens with one attached hydrogen (secondary N) is 1. The Labute approximate surface area is 241 Å². The summed E-state index contributed by atoms with van der Waals surface area (Å²) in [6, 6.07) is 28.2. The number of nitrogens with two attached hydrogens (primary N) is 1. The molecule has 0 radical (unpaired) electrons. The Bertz CT molecular complexity index is 1400. The third-order valence-corrected chi connectivity index (χ3v) is 8.52. The molecule has 1 saturated carbocycles. The molecule has 1 aliphatic rings. The van der Waals surface area contributed by atoms with Gasteiger partial charge in [0, 0.05) is 23.8 Å². The Hall–Kier alpha value is -3.39. The minimum absolute atomic E-state index is 0.0415. The number of hydrogen-bond donors (Lipinski definition) is 2. The van der Waals surface area contributed by atoms with Crippen LogP contribution in [0, 0.1) is 0 Å². The molecule has 0 bridgehead atoms. The Kier molecular flexibility index (Phi) is 10.1. The lowest BCUT2D eigenvalue weighted by Gasteiger charge is -2.26. The molecule has 0 amide bonds. The highest BCUT2D eigenvalue weighted by Gasteiger charge is 2.24. The molecular formula is C33H38N4O2S. The van der Waals surface area contributed by atoms with Gasteiger partial charge in [-0.2, -0.15) is 0 Å². The van der Waals surface area contributed by atoms with E-state index in [1.165, 1.54) is 24.8 Å². The molecule has 6 nitrogen and oxygen atoms in total. The highest BCUT2D eigenvalue weighted by atomic mass is 32.2. The molecule has 0 atom stereocenters. The number of aromatic nitrogens is 2. The molecule has 4 aromatic rings. The zero-order chi connectivity index (χ0) is 27.6. The van der Waals surface area contributed by atoms with E-state index in [0.717, 1.165) is 52.9 Å². The second-order valence-corrected chi connectivity index (χ2v) is 11.5. The summed E-state index contributed by atoms with van der Waals surface area (Å²) in [4.78, 5) is 18.9. The maximum atomic E-state index is 13.9. The predicted octanol–water partition coefficient (Wildman–Crippen LogP) is 5.68. The minimum atomic E-state index is 0.0415. The first kappa shape index (κ1) is 28.1. The number of ether oxygens (including phenoxy) is 1. The largest absolute Gasteiger partial charge is 0.489 e. The van der Waals surface area contributed by atoms with E-state index < -0.39 is 0 Å². The van der Waals surface area contributed by atoms with Crippen molar-refractivity contribution >= 4 is 11.8 Å². The summed E-state index contributed by atoms with van der Waals surface area (Å²) in [5.74, 6) is 0.875. The first-order valence-electron chi connectivity index (χ1n) is 14.2. The molecule has 1 aliphatic carbocycles. The van der Waals surface area contributed by atoms with Crippen molar-refractivity contribution in [2.24, 2.45) is 5.73 Å². The van der Waals surface area contributed by atoms with Gasteiger partial charge in [-0.3, -0.25) is 9.36 Å². The highest BCUT2D eigenvalue weighted by molar-refractivity contribution is 7.99. The summed E-state index contributed by atoms with van der Waals surface area (Å²) < 4.78 is 7.65. The van der Waals surface area contributed by atoms with Crippen LogP contribution in [0.2, 0.25) is 0 Å². The van der Waals surface area contributed by atoms with Crippen molar-refractivity contribution in [1.82, 2.24) is 14.9 Å². The van der Waals surface area contributed by atoms with Crippen molar-refractivity contribution in [2.45, 2.75) is 62.1 Å². The van der Waals surface area contributed by atoms with Gasteiger partial charge in [0.15, 0.2) is 5.16 Å². The summed E-state index contributed by atoms with van der Waals surface area (Å²) >= 11 is 1.74. The maximum absolute atomic E-state index is 13.9. The Morgan fingerprint density at radius 3 is 2.30 bits per heavy atom. The standard InChI is InChI=1S/C33H38N4O2S/c34-21-20-31-30(32(38)37(27-9-3-1-4-10-27)33(36-31)40-29-13-7-14-29)15-8-22-35-23-25-16-18-26(19-17-25)24-39-28-11-5-2-6-12-28/h1-6,9-12,16-19,29,35H,7-8,13-15,20-24,34H2. The summed E-state index contributed by atoms with van der Waals surface area (Å²) in [6.07, 6.45) is 5.75. The van der Waals surface area contributed by atoms with Gasteiger partial charge in [0.1, 0.15) is 12.4 Å². The number of rotatable bonds is 14. The number of benzene rings is 3. The van der Waals surface area contributed by atoms with Crippen molar-refractivity contribution in [3.8, 4) is 11.4 Å². The van der Waals surface area contributed by atoms with Gasteiger partial charge in [0.2, 0.25) is 0 Å². The van der Waals surface area contributed by atoms with Crippen LogP contribution in [0.25, 0.3) is 5.69 Å². The molecule has 40 heavy (non-hydrogen) atoms. The van der Waals surface area contributed by atoms with Crippen LogP contribution >= 0.6 is 11.8 Å². The van der Waals surface area contributed by atoms with Gasteiger partial charge in [-0.25, -0.2) is 4.98 Å². The van der Waals surface area contributed by atoms with Gasteiger partial charge in [-0.1, -0.05) is 78.8 Å². The smallest absolute Gasteiger partial charge is 0.262 e. The summed E-state index contributed by atoms with van der Waals surface area (Å²) in [7, 11) is 0. The number of thioether (sulfide) groups is 1. The fourth-order valence-corrected chi connectivity index (χ4v) is 6.08. The van der Waals surface area contributed by atoms with E-state index in [-0.39, 0.29) is 5.56 Å². The Balaban J connectivity index is 1.19. The van der Waals surface area contributed by atoms with Gasteiger partial charge in [0.05, 0.1) is 11.4 Å². The summed E-state index contributed by atoms with van der Waals surface area (Å²) in [6.45, 7) is 2.62. The van der Waals surface area contributed by atoms with Gasteiger partial charge < -0.3 is 15.8 Å². The van der Waals surface area contributed by atoms with Crippen molar-refractivity contribution in [3.63, 3.8) is 0 Å². The van der Waals surface area contributed by atoms with Crippen LogP contribution in [0.15, 0.2) is 94.9 Å². The molecule has 7 heteroatoms. The summed E-state index contributed by atoms with van der Waals surface area (Å²) in [5.41, 5.74) is 10.9. The van der Waals surface area contributed by atoms with Gasteiger partial charge >= 0.3 is 0 Å². The number of hydrogen-bond acceptors (Lipinski definition) is 6. The molecule has 0 saturated heterocycles. The Morgan fingerprint density at radius 2 is 1.62 bits per heavy atom. The van der Waals surface area contributed by atoms with Crippen molar-refractivity contribution in [2.75, 3.05) is 13.1 Å². The zero-order valence-corrected chi connectivity index (χ0v) is 23.7. The molecular weight excluding hydrogens is 516 g/mol. The first-order chi connectivity index (χ1) is 19.7. The van der Waals surface area contributed by atoms with Crippen LogP contribution in [-0.2, 0) is 26.0 Å². The number of nitrogens with zero attached hydrogens (tertiary/aromatic N) is 2. The first-order valence-corrected chi connectivity index (χ1v) is 15.1. The molecule has 3 N–H and O–H groups in total. The lowest BCUT2D eigenvalue weighted by atomic mass is 10.0. The van der Waals surface area contributed by atoms with Gasteiger partial charge in [0.25, 0.3) is 5.56 Å². The monoisotopic (exact) mass is 554 g/mol. The molecule has 5 rings (SSSR count). The quantitative estimate of drug-likeness (QED) is 0.154. The topological polar surface area (TPSA) is 82.2 Å². The van der Waals surface area contributed by atoms with Crippen LogP contribution in [0.3, 0.4) is 0 Å². The van der Waals surface area contributed by atoms with Gasteiger partial charge in [-0.15, -0.1) is 0 Å². The molecule has 3 aromatic carbocycles. The van der Waals surface area contributed by atoms with Gasteiger partial charge in [-0.05, 0) is 74.2 Å². The van der Waals surface area contributed by atoms with E-state index >= 15 is 0 Å². The van der Waals surface area contributed by atoms with E-state index in [0.29, 0.717) is 31.2 Å². The van der Waals surface area contributed by atoms with Crippen LogP contribution < -0.4 is 21.3 Å². The summed E-state index contributed by atoms with van der Waals surface area (Å²) in [5, 5.41) is 4.86. The SMILES string of the molecule is NCCc1nc(SC2CCC2)n(-c2ccccc2)c(=O)c1CCCNCc1ccc(COc2ccccc2)cc1. The zero-order valence-electron chi connectivity index (χ0n) is 22.9. The molecule has 208 valence electrons. The Morgan fingerprint density at radius 1 is 0.925 bits per heavy atom. The average Bonchev–Trinajstić information content (AvgIpc) is 2.97. The fourth-order valence-electron chi connectivity index (χ4n) is 4.75. The lowest BCUT2D eigenvalue weighted by molar-refractivity contribution is 0.306. The van der Waals surface area contributed by atoms with Crippen molar-refractivity contribution in [3.05, 3.63) is 118 Å². The molecule has 0 spiro atoms. The minimum Gasteiger partial charge on any atom is -0.489 e. The van der Waals surface area contributed by atoms with E-state index in [4.69, 9.17) is 15.5 Å². The molecule has 1 fully saturated rings. The van der Waals surface area contributed by atoms with Crippen molar-refractivity contribution in [1.29, 1.82) is 0 Å². The fraction of sp³-hybridized carbons (Fsp3) is 0.333. The third-order valence-electron chi connectivity index (χ3n) is 7.23. The van der Waals surface area contributed by atoms with E-state index in [2.05, 4.69) is 29.6 Å². The van der Waals surface area contributed by atoms with Crippen LogP contribution in [0.4, 0.5) is 0 Å². The molecule has 0 unspecified atom stereocenters. The second-order valence-electron chi connectivity index (χ2n) is 10.2. The normalized spacial score (nSPS) is 13.2. The van der Waals surface area contributed by atoms with Crippen LogP contribution in [-0.4, -0.2) is 27.9 Å². The van der Waals surface area contributed by atoms with Crippen LogP contribution in [0.1, 0.15) is 48.1 Å². The second kappa shape index (κ2) is 14.3. The molecule has 0 aliphatic heterocycles. The van der Waals surface area contributed by atoms with E-state index in [1.54, 1.807) is 11.8 Å². The van der Waals surface area contributed by atoms with Crippen LogP contribution in [0.5, 0.6) is 5.75 Å². The van der Waals surface area contributed by atoms with E-state index in [9.17, 15) is 4.79 Å². The third kappa shape index (κ3) is 7.42. The predicted molar refractivity (Wildman–Crippen MR) is 163 cm³/mol. The number of para-hydroxylation sites is 2. The maximum Gasteiger partial charge on any atom is 0.262 e. The molecule has 1 aromatic heterocycles. The lowest BCUT2D eigenvalue weighted by Crippen LogP contribution is -2.30. The van der Waals surface area contributed by atoms with Crippen molar-refractivity contribution < 1.29 is 4.74 Å². The average molecular weight is 555 g/mol. The van der Waals surface area contributed by atoms with E-state index in [1.807, 2.05) is 65.2 Å². The molecule has 1 heterocycles.